The first-order chi connectivity index (χ1) is 17.0. The molecule has 4 aliphatic rings. The highest BCUT2D eigenvalue weighted by Crippen LogP contribution is 2.60. The summed E-state index contributed by atoms with van der Waals surface area (Å²) in [6, 6.07) is 7.86. The molecule has 1 spiro atoms. The number of hydrogen-bond acceptors (Lipinski definition) is 4. The Kier molecular flexibility index (Phi) is 6.93. The van der Waals surface area contributed by atoms with E-state index in [0.29, 0.717) is 42.6 Å². The van der Waals surface area contributed by atoms with Gasteiger partial charge in [-0.1, -0.05) is 49.3 Å². The van der Waals surface area contributed by atoms with Gasteiger partial charge in [0.2, 0.25) is 0 Å². The molecule has 6 atom stereocenters. The molecule has 0 aromatic heterocycles. The van der Waals surface area contributed by atoms with Crippen molar-refractivity contribution in [3.63, 3.8) is 0 Å². The molecule has 0 amide bonds. The van der Waals surface area contributed by atoms with Crippen LogP contribution in [0.5, 0.6) is 5.75 Å². The molecule has 5 rings (SSSR count). The lowest BCUT2D eigenvalue weighted by Crippen LogP contribution is -2.39. The van der Waals surface area contributed by atoms with Gasteiger partial charge in [0, 0.05) is 5.41 Å². The maximum absolute atomic E-state index is 10.6. The SMILES string of the molecule is CC(COc1cccc(C(C)(C)O)c1)C1CCC2C(=CC=C3CC(O)C4(CC4)C(O)C3)CCCC21C. The smallest absolute Gasteiger partial charge is 0.119 e. The number of aliphatic hydroxyl groups excluding tert-OH is 2. The molecule has 4 fully saturated rings. The van der Waals surface area contributed by atoms with Gasteiger partial charge in [0.1, 0.15) is 5.75 Å². The second-order valence-electron chi connectivity index (χ2n) is 13.2. The van der Waals surface area contributed by atoms with Crippen molar-refractivity contribution in [2.45, 2.75) is 103 Å². The second-order valence-corrected chi connectivity index (χ2v) is 13.2. The number of aliphatic hydroxyl groups is 3. The van der Waals surface area contributed by atoms with Gasteiger partial charge in [-0.05, 0) is 112 Å². The quantitative estimate of drug-likeness (QED) is 0.434. The van der Waals surface area contributed by atoms with E-state index >= 15 is 0 Å². The largest absolute Gasteiger partial charge is 0.493 e. The zero-order valence-electron chi connectivity index (χ0n) is 22.7. The Hall–Kier alpha value is -1.62. The Morgan fingerprint density at radius 1 is 1.08 bits per heavy atom. The molecule has 0 radical (unpaired) electrons. The Labute approximate surface area is 217 Å². The molecule has 1 aromatic rings. The van der Waals surface area contributed by atoms with Crippen LogP contribution in [0.4, 0.5) is 0 Å². The molecule has 4 heteroatoms. The van der Waals surface area contributed by atoms with Crippen LogP contribution in [-0.4, -0.2) is 34.1 Å². The van der Waals surface area contributed by atoms with Gasteiger partial charge in [-0.2, -0.15) is 0 Å². The number of benzene rings is 1. The molecule has 0 saturated heterocycles. The highest BCUT2D eigenvalue weighted by molar-refractivity contribution is 5.32. The van der Waals surface area contributed by atoms with Crippen LogP contribution >= 0.6 is 0 Å². The minimum absolute atomic E-state index is 0.194. The molecule has 0 heterocycles. The van der Waals surface area contributed by atoms with E-state index in [1.165, 1.54) is 37.7 Å². The Balaban J connectivity index is 1.24. The number of hydrogen-bond donors (Lipinski definition) is 3. The summed E-state index contributed by atoms with van der Waals surface area (Å²) in [5.41, 5.74) is 2.88. The fourth-order valence-corrected chi connectivity index (χ4v) is 7.90. The number of fused-ring (bicyclic) bond motifs is 1. The maximum Gasteiger partial charge on any atom is 0.119 e. The summed E-state index contributed by atoms with van der Waals surface area (Å²) >= 11 is 0. The summed E-state index contributed by atoms with van der Waals surface area (Å²) in [6.45, 7) is 9.16. The molecule has 0 bridgehead atoms. The maximum atomic E-state index is 10.6. The monoisotopic (exact) mass is 494 g/mol. The molecule has 198 valence electrons. The normalized spacial score (nSPS) is 35.5. The molecule has 4 aliphatic carbocycles. The summed E-state index contributed by atoms with van der Waals surface area (Å²) in [4.78, 5) is 0. The highest BCUT2D eigenvalue weighted by atomic mass is 16.5. The van der Waals surface area contributed by atoms with E-state index in [2.05, 4.69) is 26.0 Å². The van der Waals surface area contributed by atoms with Crippen molar-refractivity contribution in [3.8, 4) is 5.75 Å². The first-order valence-corrected chi connectivity index (χ1v) is 14.2. The van der Waals surface area contributed by atoms with Gasteiger partial charge < -0.3 is 20.1 Å². The Bertz CT molecular complexity index is 997. The van der Waals surface area contributed by atoms with Gasteiger partial charge in [-0.25, -0.2) is 0 Å². The fourth-order valence-electron chi connectivity index (χ4n) is 7.90. The van der Waals surface area contributed by atoms with Crippen molar-refractivity contribution in [2.75, 3.05) is 6.61 Å². The summed E-state index contributed by atoms with van der Waals surface area (Å²) in [7, 11) is 0. The number of rotatable bonds is 6. The van der Waals surface area contributed by atoms with Crippen LogP contribution in [0.25, 0.3) is 0 Å². The average Bonchev–Trinajstić information content (AvgIpc) is 3.56. The van der Waals surface area contributed by atoms with E-state index < -0.39 is 5.60 Å². The standard InChI is InChI=1S/C32H46O4/c1-21(20-36-25-9-5-8-24(19-25)30(2,3)35)26-12-13-27-23(7-6-14-31(26,27)4)11-10-22-17-28(33)32(15-16-32)29(34)18-22/h5,8-11,19,21,26-29,33-35H,6-7,12-18,20H2,1-4H3. The number of allylic oxidation sites excluding steroid dienone is 3. The van der Waals surface area contributed by atoms with Crippen LogP contribution in [0.3, 0.4) is 0 Å². The van der Waals surface area contributed by atoms with E-state index in [1.807, 2.05) is 24.3 Å². The van der Waals surface area contributed by atoms with Gasteiger partial charge in [-0.3, -0.25) is 0 Å². The van der Waals surface area contributed by atoms with Crippen LogP contribution in [0.1, 0.15) is 91.0 Å². The third kappa shape index (κ3) is 4.81. The average molecular weight is 495 g/mol. The molecule has 0 aliphatic heterocycles. The van der Waals surface area contributed by atoms with E-state index in [4.69, 9.17) is 4.74 Å². The fraction of sp³-hybridized carbons (Fsp3) is 0.688. The number of ether oxygens (including phenoxy) is 1. The molecule has 4 nitrogen and oxygen atoms in total. The summed E-state index contributed by atoms with van der Waals surface area (Å²) < 4.78 is 6.25. The Morgan fingerprint density at radius 2 is 1.81 bits per heavy atom. The summed E-state index contributed by atoms with van der Waals surface area (Å²) in [6.07, 6.45) is 13.3. The van der Waals surface area contributed by atoms with E-state index in [9.17, 15) is 15.3 Å². The van der Waals surface area contributed by atoms with Gasteiger partial charge in [0.15, 0.2) is 0 Å². The van der Waals surface area contributed by atoms with Crippen LogP contribution in [0.2, 0.25) is 0 Å². The minimum atomic E-state index is -0.871. The van der Waals surface area contributed by atoms with Gasteiger partial charge >= 0.3 is 0 Å². The van der Waals surface area contributed by atoms with E-state index in [0.717, 1.165) is 24.2 Å². The van der Waals surface area contributed by atoms with Crippen molar-refractivity contribution >= 4 is 0 Å². The van der Waals surface area contributed by atoms with Gasteiger partial charge in [0.05, 0.1) is 24.4 Å². The lowest BCUT2D eigenvalue weighted by Gasteiger charge is -2.44. The predicted octanol–water partition coefficient (Wildman–Crippen LogP) is 6.29. The minimum Gasteiger partial charge on any atom is -0.493 e. The molecule has 3 N–H and O–H groups in total. The van der Waals surface area contributed by atoms with Crippen molar-refractivity contribution in [1.29, 1.82) is 0 Å². The molecule has 6 unspecified atom stereocenters. The van der Waals surface area contributed by atoms with Crippen molar-refractivity contribution in [1.82, 2.24) is 0 Å². The van der Waals surface area contributed by atoms with E-state index in [-0.39, 0.29) is 17.6 Å². The zero-order valence-corrected chi connectivity index (χ0v) is 22.7. The van der Waals surface area contributed by atoms with Crippen molar-refractivity contribution < 1.29 is 20.1 Å². The molecular weight excluding hydrogens is 448 g/mol. The highest BCUT2D eigenvalue weighted by Gasteiger charge is 2.56. The van der Waals surface area contributed by atoms with Crippen LogP contribution in [0.15, 0.2) is 47.6 Å². The predicted molar refractivity (Wildman–Crippen MR) is 144 cm³/mol. The zero-order chi connectivity index (χ0) is 25.7. The van der Waals surface area contributed by atoms with Crippen LogP contribution in [-0.2, 0) is 5.60 Å². The summed E-state index contributed by atoms with van der Waals surface area (Å²) in [5, 5.41) is 31.6. The molecule has 1 aromatic carbocycles. The summed E-state index contributed by atoms with van der Waals surface area (Å²) in [5.74, 6) is 2.54. The Morgan fingerprint density at radius 3 is 2.47 bits per heavy atom. The molecular formula is C32H46O4. The molecule has 36 heavy (non-hydrogen) atoms. The second kappa shape index (κ2) is 9.60. The lowest BCUT2D eigenvalue weighted by molar-refractivity contribution is -0.0225. The van der Waals surface area contributed by atoms with E-state index in [1.54, 1.807) is 19.4 Å². The molecule has 4 saturated carbocycles. The van der Waals surface area contributed by atoms with Gasteiger partial charge in [-0.15, -0.1) is 0 Å². The third-order valence-corrected chi connectivity index (χ3v) is 10.4. The third-order valence-electron chi connectivity index (χ3n) is 10.4. The first-order valence-electron chi connectivity index (χ1n) is 14.2. The van der Waals surface area contributed by atoms with Crippen LogP contribution in [0, 0.1) is 28.6 Å². The van der Waals surface area contributed by atoms with Crippen molar-refractivity contribution in [3.05, 3.63) is 53.1 Å². The van der Waals surface area contributed by atoms with Crippen LogP contribution < -0.4 is 4.74 Å². The van der Waals surface area contributed by atoms with Crippen molar-refractivity contribution in [2.24, 2.45) is 28.6 Å². The van der Waals surface area contributed by atoms with Gasteiger partial charge in [0.25, 0.3) is 0 Å². The lowest BCUT2D eigenvalue weighted by atomic mass is 9.61. The topological polar surface area (TPSA) is 69.9 Å². The first kappa shape index (κ1) is 26.0.